The number of aromatic nitrogens is 2. The molecule has 1 saturated carbocycles. The summed E-state index contributed by atoms with van der Waals surface area (Å²) in [5, 5.41) is 25.4. The topological polar surface area (TPSA) is 93.9 Å². The molecule has 1 aromatic carbocycles. The number of anilines is 2. The number of nitriles is 1. The minimum Gasteiger partial charge on any atom is -0.393 e. The van der Waals surface area contributed by atoms with Gasteiger partial charge in [0.15, 0.2) is 0 Å². The Labute approximate surface area is 189 Å². The van der Waals surface area contributed by atoms with Crippen molar-refractivity contribution < 1.29 is 18.3 Å². The normalized spacial score (nSPS) is 20.4. The molecular weight excluding hydrogens is 443 g/mol. The van der Waals surface area contributed by atoms with Gasteiger partial charge in [0.05, 0.1) is 22.9 Å². The lowest BCUT2D eigenvalue weighted by Gasteiger charge is -2.40. The third-order valence-corrected chi connectivity index (χ3v) is 6.09. The minimum atomic E-state index is -4.54. The number of aliphatic hydroxyl groups is 1. The molecule has 0 radical (unpaired) electrons. The van der Waals surface area contributed by atoms with Gasteiger partial charge < -0.3 is 15.7 Å². The molecule has 32 heavy (non-hydrogen) atoms. The van der Waals surface area contributed by atoms with E-state index >= 15 is 0 Å². The zero-order chi connectivity index (χ0) is 23.5. The lowest BCUT2D eigenvalue weighted by Crippen LogP contribution is -2.41. The molecule has 2 atom stereocenters. The molecule has 2 aromatic rings. The van der Waals surface area contributed by atoms with E-state index in [0.29, 0.717) is 18.7 Å². The standard InChI is InChI=1S/C22H25ClF3N5O/c1-21(2)10-15(6-7-17(21)32)30-19-14(11-27)12-29-20(31-19)28-9-8-13-4-3-5-16(23)18(13)22(24,25)26/h3-5,12,15,17,32H,6-10H2,1-2H3,(H2,28,29,30,31). The third kappa shape index (κ3) is 5.61. The van der Waals surface area contributed by atoms with Crippen LogP contribution in [0.2, 0.25) is 5.02 Å². The maximum absolute atomic E-state index is 13.3. The van der Waals surface area contributed by atoms with E-state index in [2.05, 4.69) is 20.6 Å². The maximum Gasteiger partial charge on any atom is 0.418 e. The molecule has 3 rings (SSSR count). The van der Waals surface area contributed by atoms with Crippen LogP contribution in [0.3, 0.4) is 0 Å². The number of halogens is 4. The molecule has 0 aliphatic heterocycles. The second kappa shape index (κ2) is 9.51. The Bertz CT molecular complexity index is 1010. The second-order valence-corrected chi connectivity index (χ2v) is 9.05. The zero-order valence-electron chi connectivity index (χ0n) is 17.8. The van der Waals surface area contributed by atoms with Crippen molar-refractivity contribution in [3.8, 4) is 6.07 Å². The number of nitrogens with one attached hydrogen (secondary N) is 2. The van der Waals surface area contributed by atoms with Gasteiger partial charge in [-0.15, -0.1) is 0 Å². The number of alkyl halides is 3. The van der Waals surface area contributed by atoms with Crippen LogP contribution in [0.4, 0.5) is 24.9 Å². The fourth-order valence-corrected chi connectivity index (χ4v) is 4.30. The molecule has 1 aliphatic carbocycles. The molecule has 0 saturated heterocycles. The summed E-state index contributed by atoms with van der Waals surface area (Å²) in [6.45, 7) is 4.14. The first-order valence-corrected chi connectivity index (χ1v) is 10.7. The van der Waals surface area contributed by atoms with Gasteiger partial charge in [0.1, 0.15) is 17.5 Å². The summed E-state index contributed by atoms with van der Waals surface area (Å²) in [6.07, 6.45) is -1.40. The smallest absolute Gasteiger partial charge is 0.393 e. The van der Waals surface area contributed by atoms with Gasteiger partial charge in [-0.25, -0.2) is 4.98 Å². The van der Waals surface area contributed by atoms with Crippen molar-refractivity contribution in [3.63, 3.8) is 0 Å². The molecule has 0 bridgehead atoms. The van der Waals surface area contributed by atoms with E-state index in [4.69, 9.17) is 11.6 Å². The van der Waals surface area contributed by atoms with Crippen LogP contribution in [0.25, 0.3) is 0 Å². The summed E-state index contributed by atoms with van der Waals surface area (Å²) < 4.78 is 39.9. The van der Waals surface area contributed by atoms with Crippen LogP contribution in [0.1, 0.15) is 49.8 Å². The number of rotatable bonds is 6. The van der Waals surface area contributed by atoms with E-state index in [0.717, 1.165) is 6.42 Å². The fourth-order valence-electron chi connectivity index (χ4n) is 4.00. The van der Waals surface area contributed by atoms with Crippen LogP contribution in [-0.4, -0.2) is 33.8 Å². The average molecular weight is 468 g/mol. The summed E-state index contributed by atoms with van der Waals surface area (Å²) in [6, 6.07) is 6.17. The van der Waals surface area contributed by atoms with E-state index in [-0.39, 0.29) is 52.6 Å². The molecule has 6 nitrogen and oxygen atoms in total. The molecule has 0 amide bonds. The van der Waals surface area contributed by atoms with Crippen LogP contribution in [-0.2, 0) is 12.6 Å². The molecule has 1 aromatic heterocycles. The molecule has 3 N–H and O–H groups in total. The Morgan fingerprint density at radius 1 is 1.31 bits per heavy atom. The molecular formula is C22H25ClF3N5O. The van der Waals surface area contributed by atoms with Crippen molar-refractivity contribution >= 4 is 23.4 Å². The van der Waals surface area contributed by atoms with Gasteiger partial charge in [-0.2, -0.15) is 23.4 Å². The quantitative estimate of drug-likeness (QED) is 0.552. The van der Waals surface area contributed by atoms with E-state index in [1.165, 1.54) is 24.4 Å². The monoisotopic (exact) mass is 467 g/mol. The van der Waals surface area contributed by atoms with Crippen LogP contribution in [0.5, 0.6) is 0 Å². The van der Waals surface area contributed by atoms with Gasteiger partial charge in [-0.1, -0.05) is 37.6 Å². The van der Waals surface area contributed by atoms with Crippen molar-refractivity contribution in [2.75, 3.05) is 17.2 Å². The Morgan fingerprint density at radius 3 is 2.72 bits per heavy atom. The Hall–Kier alpha value is -2.57. The summed E-state index contributed by atoms with van der Waals surface area (Å²) in [5.41, 5.74) is -0.751. The van der Waals surface area contributed by atoms with Crippen molar-refractivity contribution in [3.05, 3.63) is 46.1 Å². The summed E-state index contributed by atoms with van der Waals surface area (Å²) in [5.74, 6) is 0.568. The highest BCUT2D eigenvalue weighted by Gasteiger charge is 2.36. The number of hydrogen-bond donors (Lipinski definition) is 3. The number of benzene rings is 1. The van der Waals surface area contributed by atoms with Gasteiger partial charge in [0, 0.05) is 12.6 Å². The summed E-state index contributed by atoms with van der Waals surface area (Å²) >= 11 is 5.77. The van der Waals surface area contributed by atoms with Gasteiger partial charge in [-0.3, -0.25) is 0 Å². The predicted molar refractivity (Wildman–Crippen MR) is 116 cm³/mol. The minimum absolute atomic E-state index is 0.0315. The highest BCUT2D eigenvalue weighted by atomic mass is 35.5. The highest BCUT2D eigenvalue weighted by molar-refractivity contribution is 6.31. The number of hydrogen-bond acceptors (Lipinski definition) is 6. The van der Waals surface area contributed by atoms with Gasteiger partial charge in [0.2, 0.25) is 5.95 Å². The summed E-state index contributed by atoms with van der Waals surface area (Å²) in [4.78, 5) is 8.45. The zero-order valence-corrected chi connectivity index (χ0v) is 18.6. The molecule has 172 valence electrons. The Kier molecular flexibility index (Phi) is 7.16. The molecule has 2 unspecified atom stereocenters. The first kappa shape index (κ1) is 24.1. The molecule has 1 fully saturated rings. The van der Waals surface area contributed by atoms with Crippen LogP contribution in [0.15, 0.2) is 24.4 Å². The average Bonchev–Trinajstić information content (AvgIpc) is 2.70. The first-order chi connectivity index (χ1) is 15.0. The van der Waals surface area contributed by atoms with Crippen molar-refractivity contribution in [1.29, 1.82) is 5.26 Å². The van der Waals surface area contributed by atoms with E-state index < -0.39 is 11.7 Å². The van der Waals surface area contributed by atoms with Crippen molar-refractivity contribution in [2.24, 2.45) is 5.41 Å². The van der Waals surface area contributed by atoms with Crippen molar-refractivity contribution in [2.45, 2.75) is 57.9 Å². The van der Waals surface area contributed by atoms with Gasteiger partial charge in [-0.05, 0) is 42.7 Å². The SMILES string of the molecule is CC1(C)CC(Nc2nc(NCCc3cccc(Cl)c3C(F)(F)F)ncc2C#N)CCC1O. The number of aliphatic hydroxyl groups excluding tert-OH is 1. The van der Waals surface area contributed by atoms with Gasteiger partial charge >= 0.3 is 6.18 Å². The van der Waals surface area contributed by atoms with Crippen LogP contribution < -0.4 is 10.6 Å². The third-order valence-electron chi connectivity index (χ3n) is 5.77. The van der Waals surface area contributed by atoms with E-state index in [9.17, 15) is 23.5 Å². The second-order valence-electron chi connectivity index (χ2n) is 8.64. The largest absolute Gasteiger partial charge is 0.418 e. The molecule has 1 aliphatic rings. The lowest BCUT2D eigenvalue weighted by molar-refractivity contribution is -0.138. The predicted octanol–water partition coefficient (Wildman–Crippen LogP) is 5.03. The summed E-state index contributed by atoms with van der Waals surface area (Å²) in [7, 11) is 0. The molecule has 10 heteroatoms. The maximum atomic E-state index is 13.3. The molecule has 0 spiro atoms. The highest BCUT2D eigenvalue weighted by Crippen LogP contribution is 2.38. The Balaban J connectivity index is 1.69. The van der Waals surface area contributed by atoms with Crippen molar-refractivity contribution in [1.82, 2.24) is 9.97 Å². The van der Waals surface area contributed by atoms with Crippen LogP contribution >= 0.6 is 11.6 Å². The van der Waals surface area contributed by atoms with E-state index in [1.807, 2.05) is 19.9 Å². The molecule has 1 heterocycles. The lowest BCUT2D eigenvalue weighted by atomic mass is 9.73. The Morgan fingerprint density at radius 2 is 2.06 bits per heavy atom. The fraction of sp³-hybridized carbons (Fsp3) is 0.500. The van der Waals surface area contributed by atoms with E-state index in [1.54, 1.807) is 0 Å². The first-order valence-electron chi connectivity index (χ1n) is 10.3. The number of nitrogens with zero attached hydrogens (tertiary/aromatic N) is 3. The van der Waals surface area contributed by atoms with Crippen LogP contribution in [0, 0.1) is 16.7 Å². The van der Waals surface area contributed by atoms with Gasteiger partial charge in [0.25, 0.3) is 0 Å².